The third-order valence-corrected chi connectivity index (χ3v) is 2.83. The first-order valence-electron chi connectivity index (χ1n) is 4.89. The summed E-state index contributed by atoms with van der Waals surface area (Å²) in [6.07, 6.45) is 14.2. The van der Waals surface area contributed by atoms with Crippen LogP contribution in [0, 0.1) is 0 Å². The predicted molar refractivity (Wildman–Crippen MR) is 58.6 cm³/mol. The van der Waals surface area contributed by atoms with Crippen molar-refractivity contribution in [3.63, 3.8) is 0 Å². The molecule has 0 saturated heterocycles. The monoisotopic (exact) mass is 182 g/mol. The van der Waals surface area contributed by atoms with E-state index in [1.165, 1.54) is 11.1 Å². The van der Waals surface area contributed by atoms with Crippen molar-refractivity contribution >= 4 is 11.1 Å². The summed E-state index contributed by atoms with van der Waals surface area (Å²) in [5.41, 5.74) is 4.60. The molecule has 1 aromatic carbocycles. The van der Waals surface area contributed by atoms with Gasteiger partial charge in [-0.2, -0.15) is 0 Å². The summed E-state index contributed by atoms with van der Waals surface area (Å²) in [6, 6.07) is 0. The Balaban J connectivity index is 1.92. The van der Waals surface area contributed by atoms with Crippen LogP contribution in [0.3, 0.4) is 0 Å². The highest BCUT2D eigenvalue weighted by molar-refractivity contribution is 5.90. The average molecular weight is 182 g/mol. The maximum atomic E-state index is 11.6. The summed E-state index contributed by atoms with van der Waals surface area (Å²) in [5, 5.41) is 0. The Morgan fingerprint density at radius 3 is 1.71 bits per heavy atom. The standard InChI is InChI=1S/C13H10O/c14-13-11(9-5-1-2-6-9)12(13)10-7-3-4-8-10/h1-5,7H,6,8H2. The number of hydrogen-bond donors (Lipinski definition) is 0. The summed E-state index contributed by atoms with van der Waals surface area (Å²) in [6.45, 7) is 0. The third kappa shape index (κ3) is 0.987. The molecule has 1 aromatic rings. The van der Waals surface area contributed by atoms with Crippen molar-refractivity contribution in [2.24, 2.45) is 0 Å². The van der Waals surface area contributed by atoms with E-state index in [1.54, 1.807) is 0 Å². The van der Waals surface area contributed by atoms with Crippen LogP contribution in [0.15, 0.2) is 41.3 Å². The Hall–Kier alpha value is -1.63. The lowest BCUT2D eigenvalue weighted by molar-refractivity contribution is 1.45. The van der Waals surface area contributed by atoms with Crippen LogP contribution in [0.2, 0.25) is 0 Å². The van der Waals surface area contributed by atoms with Crippen molar-refractivity contribution in [1.82, 2.24) is 0 Å². The highest BCUT2D eigenvalue weighted by Crippen LogP contribution is 2.34. The molecule has 14 heavy (non-hydrogen) atoms. The Kier molecular flexibility index (Phi) is 1.48. The second-order valence-electron chi connectivity index (χ2n) is 3.73. The van der Waals surface area contributed by atoms with Gasteiger partial charge in [0.15, 0.2) is 5.43 Å². The third-order valence-electron chi connectivity index (χ3n) is 2.83. The van der Waals surface area contributed by atoms with Crippen molar-refractivity contribution in [2.45, 2.75) is 12.8 Å². The van der Waals surface area contributed by atoms with Crippen LogP contribution < -0.4 is 5.43 Å². The van der Waals surface area contributed by atoms with Gasteiger partial charge in [-0.1, -0.05) is 36.5 Å². The van der Waals surface area contributed by atoms with Gasteiger partial charge in [-0.3, -0.25) is 4.79 Å². The first-order chi connectivity index (χ1) is 6.88. The number of hydrogen-bond acceptors (Lipinski definition) is 1. The molecule has 0 atom stereocenters. The quantitative estimate of drug-likeness (QED) is 0.687. The first kappa shape index (κ1) is 7.74. The molecule has 1 nitrogen and oxygen atoms in total. The lowest BCUT2D eigenvalue weighted by atomic mass is 10.1. The lowest BCUT2D eigenvalue weighted by Crippen LogP contribution is -1.80. The van der Waals surface area contributed by atoms with E-state index in [2.05, 4.69) is 12.2 Å². The summed E-state index contributed by atoms with van der Waals surface area (Å²) < 4.78 is 0. The summed E-state index contributed by atoms with van der Waals surface area (Å²) in [4.78, 5) is 11.6. The van der Waals surface area contributed by atoms with E-state index >= 15 is 0 Å². The van der Waals surface area contributed by atoms with Crippen LogP contribution in [-0.2, 0) is 0 Å². The second-order valence-corrected chi connectivity index (χ2v) is 3.73. The van der Waals surface area contributed by atoms with Gasteiger partial charge in [0.1, 0.15) is 0 Å². The van der Waals surface area contributed by atoms with Crippen molar-refractivity contribution in [2.75, 3.05) is 0 Å². The molecule has 1 heteroatoms. The molecule has 68 valence electrons. The van der Waals surface area contributed by atoms with Gasteiger partial charge in [0.05, 0.1) is 0 Å². The number of rotatable bonds is 2. The molecule has 2 aliphatic rings. The number of allylic oxidation sites excluding steroid dienone is 8. The molecular weight excluding hydrogens is 172 g/mol. The van der Waals surface area contributed by atoms with E-state index in [0.29, 0.717) is 0 Å². The maximum Gasteiger partial charge on any atom is 0.195 e. The van der Waals surface area contributed by atoms with Crippen LogP contribution in [0.5, 0.6) is 0 Å². The van der Waals surface area contributed by atoms with Gasteiger partial charge < -0.3 is 0 Å². The minimum absolute atomic E-state index is 0.259. The highest BCUT2D eigenvalue weighted by atomic mass is 16.1. The Bertz CT molecular complexity index is 469. The molecule has 0 aromatic heterocycles. The molecule has 0 bridgehead atoms. The van der Waals surface area contributed by atoms with Gasteiger partial charge in [-0.25, -0.2) is 0 Å². The topological polar surface area (TPSA) is 17.1 Å². The lowest BCUT2D eigenvalue weighted by Gasteiger charge is -1.92. The zero-order valence-electron chi connectivity index (χ0n) is 7.79. The predicted octanol–water partition coefficient (Wildman–Crippen LogP) is 2.61. The molecule has 0 saturated carbocycles. The first-order valence-corrected chi connectivity index (χ1v) is 4.89. The van der Waals surface area contributed by atoms with E-state index < -0.39 is 0 Å². The van der Waals surface area contributed by atoms with Gasteiger partial charge in [-0.15, -0.1) is 0 Å². The summed E-state index contributed by atoms with van der Waals surface area (Å²) in [5.74, 6) is 0. The molecule has 0 fully saturated rings. The van der Waals surface area contributed by atoms with Crippen LogP contribution in [0.25, 0.3) is 11.1 Å². The molecule has 0 unspecified atom stereocenters. The van der Waals surface area contributed by atoms with Gasteiger partial charge in [0.2, 0.25) is 0 Å². The normalized spacial score (nSPS) is 19.4. The van der Waals surface area contributed by atoms with Gasteiger partial charge in [-0.05, 0) is 24.0 Å². The van der Waals surface area contributed by atoms with Crippen molar-refractivity contribution < 1.29 is 0 Å². The molecule has 0 spiro atoms. The Morgan fingerprint density at radius 2 is 1.36 bits per heavy atom. The molecule has 0 radical (unpaired) electrons. The van der Waals surface area contributed by atoms with E-state index in [4.69, 9.17) is 0 Å². The zero-order valence-corrected chi connectivity index (χ0v) is 7.79. The Labute approximate surface area is 82.4 Å². The van der Waals surface area contributed by atoms with E-state index in [1.807, 2.05) is 24.3 Å². The van der Waals surface area contributed by atoms with E-state index in [-0.39, 0.29) is 5.43 Å². The van der Waals surface area contributed by atoms with Crippen molar-refractivity contribution in [3.8, 4) is 0 Å². The summed E-state index contributed by atoms with van der Waals surface area (Å²) >= 11 is 0. The second kappa shape index (κ2) is 2.68. The van der Waals surface area contributed by atoms with Crippen molar-refractivity contribution in [3.05, 3.63) is 57.8 Å². The van der Waals surface area contributed by atoms with Crippen LogP contribution in [0.1, 0.15) is 24.0 Å². The largest absolute Gasteiger partial charge is 0.289 e. The van der Waals surface area contributed by atoms with Crippen LogP contribution >= 0.6 is 0 Å². The molecule has 2 aliphatic carbocycles. The molecule has 0 N–H and O–H groups in total. The minimum atomic E-state index is 0.259. The Morgan fingerprint density at radius 1 is 0.857 bits per heavy atom. The average Bonchev–Trinajstić information content (AvgIpc) is 2.76. The molecule has 0 aliphatic heterocycles. The van der Waals surface area contributed by atoms with E-state index in [0.717, 1.165) is 24.0 Å². The SMILES string of the molecule is O=c1c(C2=CC=CC2)c1C1=CC=CC1. The van der Waals surface area contributed by atoms with Gasteiger partial charge in [0, 0.05) is 11.1 Å². The van der Waals surface area contributed by atoms with Crippen molar-refractivity contribution in [1.29, 1.82) is 0 Å². The van der Waals surface area contributed by atoms with Crippen LogP contribution in [0.4, 0.5) is 0 Å². The molecule has 0 heterocycles. The highest BCUT2D eigenvalue weighted by Gasteiger charge is 2.28. The zero-order chi connectivity index (χ0) is 9.54. The molecular formula is C13H10O. The smallest absolute Gasteiger partial charge is 0.195 e. The molecule has 3 rings (SSSR count). The maximum absolute atomic E-state index is 11.6. The fourth-order valence-corrected chi connectivity index (χ4v) is 2.05. The van der Waals surface area contributed by atoms with Crippen LogP contribution in [-0.4, -0.2) is 0 Å². The van der Waals surface area contributed by atoms with Gasteiger partial charge in [0.25, 0.3) is 0 Å². The van der Waals surface area contributed by atoms with E-state index in [9.17, 15) is 4.79 Å². The summed E-state index contributed by atoms with van der Waals surface area (Å²) in [7, 11) is 0. The minimum Gasteiger partial charge on any atom is -0.289 e. The fraction of sp³-hybridized carbons (Fsp3) is 0.154. The fourth-order valence-electron chi connectivity index (χ4n) is 2.05. The van der Waals surface area contributed by atoms with Gasteiger partial charge >= 0.3 is 0 Å². The molecule has 0 amide bonds.